The Kier molecular flexibility index (Phi) is 7.18. The number of carbonyl (C=O) groups is 1. The average Bonchev–Trinajstić information content (AvgIpc) is 3.12. The van der Waals surface area contributed by atoms with Gasteiger partial charge in [0.15, 0.2) is 5.82 Å². The Bertz CT molecular complexity index is 738. The number of methoxy groups -OCH3 is 2. The predicted molar refractivity (Wildman–Crippen MR) is 101 cm³/mol. The van der Waals surface area contributed by atoms with Crippen LogP contribution in [0.5, 0.6) is 11.5 Å². The van der Waals surface area contributed by atoms with Gasteiger partial charge in [0.25, 0.3) is 5.91 Å². The van der Waals surface area contributed by atoms with Crippen molar-refractivity contribution in [2.24, 2.45) is 5.92 Å². The summed E-state index contributed by atoms with van der Waals surface area (Å²) < 4.78 is 15.9. The van der Waals surface area contributed by atoms with Gasteiger partial charge >= 0.3 is 0 Å². The number of aromatic nitrogens is 2. The molecule has 2 unspecified atom stereocenters. The van der Waals surface area contributed by atoms with Crippen molar-refractivity contribution in [3.05, 3.63) is 35.5 Å². The number of likely N-dealkylation sites (N-methyl/N-ethyl adjacent to an activating group) is 1. The second kappa shape index (κ2) is 9.36. The zero-order valence-electron chi connectivity index (χ0n) is 16.7. The lowest BCUT2D eigenvalue weighted by molar-refractivity contribution is 0.0913. The smallest absolute Gasteiger partial charge is 0.252 e. The molecule has 0 aliphatic carbocycles. The Hall–Kier alpha value is -2.61. The first-order valence-corrected chi connectivity index (χ1v) is 8.91. The fourth-order valence-corrected chi connectivity index (χ4v) is 2.53. The van der Waals surface area contributed by atoms with Gasteiger partial charge in [0.1, 0.15) is 17.5 Å². The molecule has 0 saturated heterocycles. The van der Waals surface area contributed by atoms with Crippen molar-refractivity contribution in [3.8, 4) is 11.5 Å². The molecule has 1 aromatic heterocycles. The number of nitrogens with one attached hydrogen (secondary N) is 2. The highest BCUT2D eigenvalue weighted by atomic mass is 16.5. The zero-order valence-corrected chi connectivity index (χ0v) is 16.7. The van der Waals surface area contributed by atoms with E-state index in [9.17, 15) is 4.79 Å². The Morgan fingerprint density at radius 2 is 1.78 bits per heavy atom. The van der Waals surface area contributed by atoms with E-state index in [2.05, 4.69) is 20.8 Å². The van der Waals surface area contributed by atoms with Crippen LogP contribution in [0.4, 0.5) is 0 Å². The van der Waals surface area contributed by atoms with Crippen LogP contribution in [0, 0.1) is 5.92 Å². The van der Waals surface area contributed by atoms with Crippen LogP contribution in [0.3, 0.4) is 0 Å². The molecular formula is C19H28N4O4. The van der Waals surface area contributed by atoms with Gasteiger partial charge in [0.2, 0.25) is 5.89 Å². The standard InChI is InChI=1S/C19H28N4O4/c1-11(2)17(19-21-16(23-27-19)7-12(3)20-4)22-18(24)13-8-14(25-5)10-15(9-13)26-6/h8-12,17,20H,7H2,1-6H3,(H,22,24). The third-order valence-corrected chi connectivity index (χ3v) is 4.30. The molecule has 0 aliphatic rings. The normalized spacial score (nSPS) is 13.3. The average molecular weight is 376 g/mol. The van der Waals surface area contributed by atoms with Gasteiger partial charge in [0, 0.05) is 24.1 Å². The van der Waals surface area contributed by atoms with E-state index in [4.69, 9.17) is 14.0 Å². The van der Waals surface area contributed by atoms with Gasteiger partial charge in [-0.1, -0.05) is 19.0 Å². The zero-order chi connectivity index (χ0) is 20.0. The van der Waals surface area contributed by atoms with E-state index in [-0.39, 0.29) is 17.9 Å². The molecule has 2 rings (SSSR count). The van der Waals surface area contributed by atoms with Crippen molar-refractivity contribution in [1.82, 2.24) is 20.8 Å². The summed E-state index contributed by atoms with van der Waals surface area (Å²) in [5.41, 5.74) is 0.431. The molecule has 1 heterocycles. The van der Waals surface area contributed by atoms with Crippen LogP contribution in [0.15, 0.2) is 22.7 Å². The van der Waals surface area contributed by atoms with E-state index in [0.29, 0.717) is 35.2 Å². The van der Waals surface area contributed by atoms with Crippen LogP contribution >= 0.6 is 0 Å². The molecule has 8 nitrogen and oxygen atoms in total. The minimum absolute atomic E-state index is 0.0662. The fraction of sp³-hybridized carbons (Fsp3) is 0.526. The van der Waals surface area contributed by atoms with E-state index >= 15 is 0 Å². The second-order valence-corrected chi connectivity index (χ2v) is 6.74. The number of benzene rings is 1. The lowest BCUT2D eigenvalue weighted by Crippen LogP contribution is -2.32. The van der Waals surface area contributed by atoms with Gasteiger partial charge in [-0.25, -0.2) is 0 Å². The highest BCUT2D eigenvalue weighted by molar-refractivity contribution is 5.95. The highest BCUT2D eigenvalue weighted by Crippen LogP contribution is 2.25. The van der Waals surface area contributed by atoms with Gasteiger partial charge in [-0.2, -0.15) is 4.98 Å². The first-order chi connectivity index (χ1) is 12.9. The molecule has 0 radical (unpaired) electrons. The maximum absolute atomic E-state index is 12.8. The lowest BCUT2D eigenvalue weighted by atomic mass is 10.0. The summed E-state index contributed by atoms with van der Waals surface area (Å²) in [4.78, 5) is 17.2. The van der Waals surface area contributed by atoms with Crippen molar-refractivity contribution in [2.45, 2.75) is 39.3 Å². The van der Waals surface area contributed by atoms with Gasteiger partial charge in [-0.15, -0.1) is 0 Å². The van der Waals surface area contributed by atoms with Crippen LogP contribution in [0.2, 0.25) is 0 Å². The fourth-order valence-electron chi connectivity index (χ4n) is 2.53. The van der Waals surface area contributed by atoms with Crippen LogP contribution in [-0.2, 0) is 6.42 Å². The third kappa shape index (κ3) is 5.43. The summed E-state index contributed by atoms with van der Waals surface area (Å²) in [5.74, 6) is 1.88. The Balaban J connectivity index is 2.20. The molecule has 0 saturated carbocycles. The van der Waals surface area contributed by atoms with Gasteiger partial charge in [-0.05, 0) is 32.0 Å². The van der Waals surface area contributed by atoms with Crippen molar-refractivity contribution in [2.75, 3.05) is 21.3 Å². The first kappa shape index (κ1) is 20.7. The van der Waals surface area contributed by atoms with Crippen LogP contribution in [-0.4, -0.2) is 43.4 Å². The molecule has 2 aromatic rings. The molecule has 148 valence electrons. The number of rotatable bonds is 9. The summed E-state index contributed by atoms with van der Waals surface area (Å²) in [5, 5.41) is 10.1. The van der Waals surface area contributed by atoms with Gasteiger partial charge in [0.05, 0.1) is 14.2 Å². The molecule has 1 amide bonds. The largest absolute Gasteiger partial charge is 0.497 e. The van der Waals surface area contributed by atoms with E-state index < -0.39 is 6.04 Å². The summed E-state index contributed by atoms with van der Waals surface area (Å²) in [7, 11) is 4.96. The second-order valence-electron chi connectivity index (χ2n) is 6.74. The maximum atomic E-state index is 12.8. The molecule has 0 spiro atoms. The predicted octanol–water partition coefficient (Wildman–Crippen LogP) is 2.36. The van der Waals surface area contributed by atoms with E-state index in [1.807, 2.05) is 27.8 Å². The summed E-state index contributed by atoms with van der Waals surface area (Å²) in [6.45, 7) is 6.00. The lowest BCUT2D eigenvalue weighted by Gasteiger charge is -2.19. The van der Waals surface area contributed by atoms with Crippen molar-refractivity contribution >= 4 is 5.91 Å². The van der Waals surface area contributed by atoms with Gasteiger partial charge < -0.3 is 24.6 Å². The molecule has 8 heteroatoms. The van der Waals surface area contributed by atoms with Crippen LogP contribution in [0.25, 0.3) is 0 Å². The Labute approximate surface area is 159 Å². The minimum atomic E-state index is -0.402. The molecule has 1 aromatic carbocycles. The minimum Gasteiger partial charge on any atom is -0.497 e. The van der Waals surface area contributed by atoms with E-state index in [1.165, 1.54) is 0 Å². The number of hydrogen-bond donors (Lipinski definition) is 2. The Morgan fingerprint density at radius 1 is 1.15 bits per heavy atom. The molecule has 0 aliphatic heterocycles. The first-order valence-electron chi connectivity index (χ1n) is 8.91. The van der Waals surface area contributed by atoms with Crippen LogP contribution in [0.1, 0.15) is 48.9 Å². The summed E-state index contributed by atoms with van der Waals surface area (Å²) in [6, 6.07) is 4.85. The summed E-state index contributed by atoms with van der Waals surface area (Å²) >= 11 is 0. The third-order valence-electron chi connectivity index (χ3n) is 4.30. The quantitative estimate of drug-likeness (QED) is 0.693. The highest BCUT2D eigenvalue weighted by Gasteiger charge is 2.25. The number of amides is 1. The molecule has 27 heavy (non-hydrogen) atoms. The number of hydrogen-bond acceptors (Lipinski definition) is 7. The maximum Gasteiger partial charge on any atom is 0.252 e. The molecule has 2 atom stereocenters. The number of nitrogens with zero attached hydrogens (tertiary/aromatic N) is 2. The van der Waals surface area contributed by atoms with E-state index in [1.54, 1.807) is 32.4 Å². The molecule has 2 N–H and O–H groups in total. The topological polar surface area (TPSA) is 98.5 Å². The SMILES string of the molecule is CNC(C)Cc1noc(C(NC(=O)c2cc(OC)cc(OC)c2)C(C)C)n1. The number of ether oxygens (including phenoxy) is 2. The number of carbonyl (C=O) groups excluding carboxylic acids is 1. The van der Waals surface area contributed by atoms with E-state index in [0.717, 1.165) is 0 Å². The van der Waals surface area contributed by atoms with Crippen molar-refractivity contribution in [1.29, 1.82) is 0 Å². The molecule has 0 fully saturated rings. The van der Waals surface area contributed by atoms with Crippen molar-refractivity contribution in [3.63, 3.8) is 0 Å². The van der Waals surface area contributed by atoms with Crippen molar-refractivity contribution < 1.29 is 18.8 Å². The van der Waals surface area contributed by atoms with Crippen LogP contribution < -0.4 is 20.1 Å². The monoisotopic (exact) mass is 376 g/mol. The summed E-state index contributed by atoms with van der Waals surface area (Å²) in [6.07, 6.45) is 0.645. The molecular weight excluding hydrogens is 348 g/mol. The Morgan fingerprint density at radius 3 is 2.30 bits per heavy atom. The van der Waals surface area contributed by atoms with Gasteiger partial charge in [-0.3, -0.25) is 4.79 Å². The molecule has 0 bridgehead atoms.